The summed E-state index contributed by atoms with van der Waals surface area (Å²) in [5.41, 5.74) is 26.5. The predicted octanol–water partition coefficient (Wildman–Crippen LogP) is -3.75. The number of amides is 5. The minimum Gasteiger partial charge on any atom is -0.370 e. The standard InChI is InChI=1S/C14H27N7O5S2/c1-6(11(18)23)20-14(26)9(2-3-10(17)22)21-13(25)8(16)5-28-27-4-7(15)12(19)24/h6-9H,2-5,15-16H2,1H3,(H2,17,22)(H2,18,23)(H2,19,24)(H,20,26)(H,21,25). The molecule has 0 radical (unpaired) electrons. The quantitative estimate of drug-likeness (QED) is 0.104. The van der Waals surface area contributed by atoms with Gasteiger partial charge in [-0.3, -0.25) is 24.0 Å². The highest BCUT2D eigenvalue weighted by molar-refractivity contribution is 8.76. The molecule has 0 aromatic rings. The molecule has 28 heavy (non-hydrogen) atoms. The predicted molar refractivity (Wildman–Crippen MR) is 107 cm³/mol. The summed E-state index contributed by atoms with van der Waals surface area (Å²) in [5.74, 6) is -2.95. The van der Waals surface area contributed by atoms with Gasteiger partial charge in [-0.15, -0.1) is 0 Å². The van der Waals surface area contributed by atoms with Gasteiger partial charge in [0.05, 0.1) is 12.1 Å². The van der Waals surface area contributed by atoms with Crippen LogP contribution in [0.25, 0.3) is 0 Å². The molecule has 12 N–H and O–H groups in total. The Morgan fingerprint density at radius 2 is 1.36 bits per heavy atom. The van der Waals surface area contributed by atoms with E-state index in [2.05, 4.69) is 10.6 Å². The summed E-state index contributed by atoms with van der Waals surface area (Å²) in [5, 5.41) is 4.76. The lowest BCUT2D eigenvalue weighted by Crippen LogP contribution is -2.55. The van der Waals surface area contributed by atoms with Crippen LogP contribution in [-0.4, -0.2) is 65.2 Å². The third-order valence-electron chi connectivity index (χ3n) is 3.38. The Labute approximate surface area is 170 Å². The van der Waals surface area contributed by atoms with Crippen molar-refractivity contribution in [2.24, 2.45) is 28.7 Å². The van der Waals surface area contributed by atoms with Gasteiger partial charge in [-0.1, -0.05) is 21.6 Å². The monoisotopic (exact) mass is 437 g/mol. The van der Waals surface area contributed by atoms with E-state index >= 15 is 0 Å². The fourth-order valence-corrected chi connectivity index (χ4v) is 3.88. The van der Waals surface area contributed by atoms with Gasteiger partial charge in [0.2, 0.25) is 29.5 Å². The van der Waals surface area contributed by atoms with E-state index in [4.69, 9.17) is 28.7 Å². The highest BCUT2D eigenvalue weighted by Gasteiger charge is 2.26. The number of hydrogen-bond acceptors (Lipinski definition) is 9. The van der Waals surface area contributed by atoms with Gasteiger partial charge >= 0.3 is 0 Å². The first kappa shape index (κ1) is 26.0. The molecule has 0 aromatic heterocycles. The van der Waals surface area contributed by atoms with Crippen LogP contribution in [0, 0.1) is 0 Å². The Morgan fingerprint density at radius 1 is 0.821 bits per heavy atom. The Bertz CT molecular complexity index is 592. The van der Waals surface area contributed by atoms with Crippen molar-refractivity contribution in [3.63, 3.8) is 0 Å². The van der Waals surface area contributed by atoms with Gasteiger partial charge < -0.3 is 39.3 Å². The summed E-state index contributed by atoms with van der Waals surface area (Å²) in [6, 6.07) is -3.86. The fraction of sp³-hybridized carbons (Fsp3) is 0.643. The van der Waals surface area contributed by atoms with Gasteiger partial charge in [0.1, 0.15) is 12.1 Å². The molecule has 0 heterocycles. The molecule has 12 nitrogen and oxygen atoms in total. The van der Waals surface area contributed by atoms with Crippen molar-refractivity contribution in [1.29, 1.82) is 0 Å². The minimum atomic E-state index is -1.12. The molecule has 0 spiro atoms. The molecular formula is C14H27N7O5S2. The van der Waals surface area contributed by atoms with Crippen LogP contribution in [0.15, 0.2) is 0 Å². The number of carbonyl (C=O) groups is 5. The van der Waals surface area contributed by atoms with Crippen LogP contribution < -0.4 is 39.3 Å². The number of primary amides is 3. The van der Waals surface area contributed by atoms with Crippen molar-refractivity contribution in [1.82, 2.24) is 10.6 Å². The number of hydrogen-bond donors (Lipinski definition) is 7. The molecule has 5 amide bonds. The molecule has 0 saturated carbocycles. The zero-order valence-electron chi connectivity index (χ0n) is 15.4. The fourth-order valence-electron chi connectivity index (χ4n) is 1.62. The molecule has 0 bridgehead atoms. The zero-order valence-corrected chi connectivity index (χ0v) is 17.0. The average Bonchev–Trinajstić information content (AvgIpc) is 2.60. The lowest BCUT2D eigenvalue weighted by atomic mass is 10.1. The number of nitrogens with one attached hydrogen (secondary N) is 2. The molecule has 0 aliphatic rings. The van der Waals surface area contributed by atoms with Gasteiger partial charge in [-0.2, -0.15) is 0 Å². The van der Waals surface area contributed by atoms with Crippen LogP contribution in [0.2, 0.25) is 0 Å². The largest absolute Gasteiger partial charge is 0.370 e. The van der Waals surface area contributed by atoms with Gasteiger partial charge in [0.15, 0.2) is 0 Å². The second kappa shape index (κ2) is 13.2. The zero-order chi connectivity index (χ0) is 21.9. The summed E-state index contributed by atoms with van der Waals surface area (Å²) < 4.78 is 0. The van der Waals surface area contributed by atoms with Gasteiger partial charge in [0, 0.05) is 17.9 Å². The van der Waals surface area contributed by atoms with Gasteiger partial charge in [0.25, 0.3) is 0 Å². The molecular weight excluding hydrogens is 410 g/mol. The van der Waals surface area contributed by atoms with E-state index in [9.17, 15) is 24.0 Å². The van der Waals surface area contributed by atoms with Crippen LogP contribution in [0.4, 0.5) is 0 Å². The van der Waals surface area contributed by atoms with Gasteiger partial charge in [-0.05, 0) is 13.3 Å². The van der Waals surface area contributed by atoms with Crippen molar-refractivity contribution in [3.05, 3.63) is 0 Å². The van der Waals surface area contributed by atoms with Crippen molar-refractivity contribution < 1.29 is 24.0 Å². The van der Waals surface area contributed by atoms with Crippen LogP contribution in [0.5, 0.6) is 0 Å². The molecule has 0 aliphatic carbocycles. The van der Waals surface area contributed by atoms with Crippen molar-refractivity contribution in [2.45, 2.75) is 43.9 Å². The van der Waals surface area contributed by atoms with E-state index in [-0.39, 0.29) is 24.3 Å². The highest BCUT2D eigenvalue weighted by Crippen LogP contribution is 2.22. The van der Waals surface area contributed by atoms with E-state index in [1.807, 2.05) is 0 Å². The van der Waals surface area contributed by atoms with Crippen molar-refractivity contribution in [2.75, 3.05) is 11.5 Å². The Hall–Kier alpha value is -2.03. The Balaban J connectivity index is 4.66. The molecule has 0 aliphatic heterocycles. The topological polar surface area (TPSA) is 240 Å². The molecule has 0 rings (SSSR count). The summed E-state index contributed by atoms with van der Waals surface area (Å²) >= 11 is 0. The van der Waals surface area contributed by atoms with E-state index in [1.54, 1.807) is 0 Å². The Morgan fingerprint density at radius 3 is 1.82 bits per heavy atom. The van der Waals surface area contributed by atoms with E-state index in [0.29, 0.717) is 0 Å². The van der Waals surface area contributed by atoms with Crippen molar-refractivity contribution >= 4 is 51.1 Å². The van der Waals surface area contributed by atoms with Gasteiger partial charge in [-0.25, -0.2) is 0 Å². The third-order valence-corrected chi connectivity index (χ3v) is 5.85. The summed E-state index contributed by atoms with van der Waals surface area (Å²) in [4.78, 5) is 57.3. The smallest absolute Gasteiger partial charge is 0.243 e. The Kier molecular flexibility index (Phi) is 12.2. The van der Waals surface area contributed by atoms with E-state index in [1.165, 1.54) is 28.5 Å². The van der Waals surface area contributed by atoms with Crippen LogP contribution in [-0.2, 0) is 24.0 Å². The molecule has 4 atom stereocenters. The SMILES string of the molecule is CC(NC(=O)C(CCC(N)=O)NC(=O)C(N)CSSCC(N)C(N)=O)C(N)=O. The summed E-state index contributed by atoms with van der Waals surface area (Å²) in [6.45, 7) is 1.38. The summed E-state index contributed by atoms with van der Waals surface area (Å²) in [6.07, 6.45) is -0.228. The third kappa shape index (κ3) is 11.0. The molecule has 160 valence electrons. The molecule has 14 heteroatoms. The number of rotatable bonds is 14. The molecule has 0 aromatic carbocycles. The lowest BCUT2D eigenvalue weighted by Gasteiger charge is -2.21. The first-order valence-electron chi connectivity index (χ1n) is 8.19. The van der Waals surface area contributed by atoms with E-state index in [0.717, 1.165) is 0 Å². The first-order chi connectivity index (χ1) is 13.0. The molecule has 0 saturated heterocycles. The molecule has 4 unspecified atom stereocenters. The van der Waals surface area contributed by atoms with Crippen LogP contribution in [0.3, 0.4) is 0 Å². The van der Waals surface area contributed by atoms with Crippen LogP contribution >= 0.6 is 21.6 Å². The maximum Gasteiger partial charge on any atom is 0.243 e. The number of carbonyl (C=O) groups excluding carboxylic acids is 5. The van der Waals surface area contributed by atoms with Crippen molar-refractivity contribution in [3.8, 4) is 0 Å². The maximum atomic E-state index is 12.2. The summed E-state index contributed by atoms with van der Waals surface area (Å²) in [7, 11) is 2.44. The highest BCUT2D eigenvalue weighted by atomic mass is 33.1. The second-order valence-electron chi connectivity index (χ2n) is 5.88. The lowest BCUT2D eigenvalue weighted by molar-refractivity contribution is -0.131. The average molecular weight is 438 g/mol. The second-order valence-corrected chi connectivity index (χ2v) is 8.44. The van der Waals surface area contributed by atoms with Crippen LogP contribution in [0.1, 0.15) is 19.8 Å². The normalized spacial score (nSPS) is 15.0. The maximum absolute atomic E-state index is 12.2. The minimum absolute atomic E-state index is 0.0690. The number of nitrogens with two attached hydrogens (primary N) is 5. The first-order valence-corrected chi connectivity index (χ1v) is 10.7. The van der Waals surface area contributed by atoms with E-state index < -0.39 is 53.7 Å². The molecule has 0 fully saturated rings.